The van der Waals surface area contributed by atoms with Gasteiger partial charge >= 0.3 is 0 Å². The van der Waals surface area contributed by atoms with E-state index in [9.17, 15) is 8.42 Å². The van der Waals surface area contributed by atoms with E-state index in [1.165, 1.54) is 39.5 Å². The third-order valence-electron chi connectivity index (χ3n) is 4.89. The van der Waals surface area contributed by atoms with Crippen molar-refractivity contribution in [3.63, 3.8) is 0 Å². The maximum Gasteiger partial charge on any atom is 0.262 e. The summed E-state index contributed by atoms with van der Waals surface area (Å²) in [5.74, 6) is 1.15. The Morgan fingerprint density at radius 3 is 2.16 bits per heavy atom. The molecule has 0 radical (unpaired) electrons. The molecule has 0 fully saturated rings. The topological polar surface area (TPSA) is 95.5 Å². The lowest BCUT2D eigenvalue weighted by Gasteiger charge is -2.20. The summed E-state index contributed by atoms with van der Waals surface area (Å²) >= 11 is 12.0. The van der Waals surface area contributed by atoms with Crippen LogP contribution in [-0.2, 0) is 14.8 Å². The number of anilines is 1. The molecule has 32 heavy (non-hydrogen) atoms. The first-order valence-corrected chi connectivity index (χ1v) is 11.9. The summed E-state index contributed by atoms with van der Waals surface area (Å²) in [6.45, 7) is 4.43. The Balaban J connectivity index is 2.21. The minimum atomic E-state index is -4.12. The fourth-order valence-corrected chi connectivity index (χ4v) is 4.99. The molecule has 11 heteroatoms. The third kappa shape index (κ3) is 4.84. The van der Waals surface area contributed by atoms with Gasteiger partial charge in [-0.05, 0) is 30.2 Å². The molecule has 0 amide bonds. The summed E-state index contributed by atoms with van der Waals surface area (Å²) in [7, 11) is 0.158. The van der Waals surface area contributed by atoms with Crippen molar-refractivity contribution in [1.29, 1.82) is 0 Å². The van der Waals surface area contributed by atoms with Gasteiger partial charge < -0.3 is 18.9 Å². The van der Waals surface area contributed by atoms with Crippen molar-refractivity contribution < 1.29 is 27.4 Å². The zero-order valence-electron chi connectivity index (χ0n) is 18.2. The van der Waals surface area contributed by atoms with Gasteiger partial charge in [0, 0.05) is 10.0 Å². The van der Waals surface area contributed by atoms with E-state index in [0.29, 0.717) is 17.9 Å². The second-order valence-corrected chi connectivity index (χ2v) is 9.89. The fourth-order valence-electron chi connectivity index (χ4n) is 3.18. The maximum absolute atomic E-state index is 13.2. The molecule has 0 aromatic heterocycles. The first kappa shape index (κ1) is 24.3. The average molecular weight is 503 g/mol. The number of aliphatic imine (C=N–C) groups is 1. The van der Waals surface area contributed by atoms with Gasteiger partial charge in [-0.25, -0.2) is 13.4 Å². The summed E-state index contributed by atoms with van der Waals surface area (Å²) < 4.78 is 51.2. The molecule has 0 aliphatic carbocycles. The van der Waals surface area contributed by atoms with E-state index >= 15 is 0 Å². The largest absolute Gasteiger partial charge is 0.493 e. The lowest BCUT2D eigenvalue weighted by molar-refractivity contribution is 0.291. The highest BCUT2D eigenvalue weighted by Gasteiger charge is 2.31. The monoisotopic (exact) mass is 502 g/mol. The minimum Gasteiger partial charge on any atom is -0.493 e. The van der Waals surface area contributed by atoms with Crippen LogP contribution in [0.2, 0.25) is 10.0 Å². The lowest BCUT2D eigenvalue weighted by Crippen LogP contribution is -2.17. The lowest BCUT2D eigenvalue weighted by atomic mass is 10.1. The van der Waals surface area contributed by atoms with Gasteiger partial charge in [0.25, 0.3) is 10.0 Å². The smallest absolute Gasteiger partial charge is 0.262 e. The molecule has 1 N–H and O–H groups in total. The molecule has 1 atom stereocenters. The number of hydrogen-bond acceptors (Lipinski definition) is 7. The van der Waals surface area contributed by atoms with Gasteiger partial charge in [0.15, 0.2) is 11.5 Å². The summed E-state index contributed by atoms with van der Waals surface area (Å²) in [6, 6.07) is 5.55. The van der Waals surface area contributed by atoms with Crippen LogP contribution in [0.3, 0.4) is 0 Å². The van der Waals surface area contributed by atoms with Crippen molar-refractivity contribution in [2.45, 2.75) is 24.8 Å². The molecular formula is C21H24Cl2N2O6S. The fraction of sp³-hybridized carbons (Fsp3) is 0.381. The SMILES string of the molecule is COc1cc(C2=N[C@H](C(C)C)CO2)c(NS(=O)(=O)c2cc(Cl)cc(Cl)c2)c(OC)c1OC. The predicted molar refractivity (Wildman–Crippen MR) is 124 cm³/mol. The number of rotatable bonds is 8. The number of ether oxygens (including phenoxy) is 4. The second kappa shape index (κ2) is 9.64. The Kier molecular flexibility index (Phi) is 7.32. The molecule has 0 bridgehead atoms. The van der Waals surface area contributed by atoms with E-state index in [-0.39, 0.29) is 50.0 Å². The van der Waals surface area contributed by atoms with Crippen LogP contribution in [0, 0.1) is 5.92 Å². The Labute approximate surface area is 197 Å². The molecule has 0 unspecified atom stereocenters. The van der Waals surface area contributed by atoms with Gasteiger partial charge in [0.1, 0.15) is 12.3 Å². The highest BCUT2D eigenvalue weighted by molar-refractivity contribution is 7.92. The molecule has 174 valence electrons. The highest BCUT2D eigenvalue weighted by Crippen LogP contribution is 2.46. The third-order valence-corrected chi connectivity index (χ3v) is 6.65. The average Bonchev–Trinajstić information content (AvgIpc) is 3.22. The van der Waals surface area contributed by atoms with E-state index in [1.54, 1.807) is 6.07 Å². The number of hydrogen-bond donors (Lipinski definition) is 1. The number of nitrogens with zero attached hydrogens (tertiary/aromatic N) is 1. The van der Waals surface area contributed by atoms with Gasteiger partial charge in [0.2, 0.25) is 11.6 Å². The summed E-state index contributed by atoms with van der Waals surface area (Å²) in [5.41, 5.74) is 0.434. The minimum absolute atomic E-state index is 0.0692. The molecule has 0 saturated heterocycles. The van der Waals surface area contributed by atoms with E-state index in [0.717, 1.165) is 0 Å². The highest BCUT2D eigenvalue weighted by atomic mass is 35.5. The Morgan fingerprint density at radius 1 is 1.03 bits per heavy atom. The molecule has 8 nitrogen and oxygen atoms in total. The van der Waals surface area contributed by atoms with Gasteiger partial charge in [-0.2, -0.15) is 0 Å². The van der Waals surface area contributed by atoms with Crippen molar-refractivity contribution in [3.8, 4) is 17.2 Å². The van der Waals surface area contributed by atoms with Gasteiger partial charge in [-0.3, -0.25) is 4.72 Å². The molecule has 1 aliphatic heterocycles. The summed E-state index contributed by atoms with van der Waals surface area (Å²) in [4.78, 5) is 4.50. The van der Waals surface area contributed by atoms with E-state index in [1.807, 2.05) is 13.8 Å². The van der Waals surface area contributed by atoms with Crippen LogP contribution >= 0.6 is 23.2 Å². The molecule has 1 heterocycles. The van der Waals surface area contributed by atoms with Crippen LogP contribution in [0.15, 0.2) is 34.2 Å². The Bertz CT molecular complexity index is 1130. The van der Waals surface area contributed by atoms with E-state index in [4.69, 9.17) is 42.1 Å². The number of halogens is 2. The molecular weight excluding hydrogens is 479 g/mol. The van der Waals surface area contributed by atoms with Crippen LogP contribution in [0.1, 0.15) is 19.4 Å². The van der Waals surface area contributed by atoms with Crippen molar-refractivity contribution in [2.24, 2.45) is 10.9 Å². The second-order valence-electron chi connectivity index (χ2n) is 7.34. The van der Waals surface area contributed by atoms with Crippen LogP contribution in [0.25, 0.3) is 0 Å². The van der Waals surface area contributed by atoms with Crippen LogP contribution in [0.4, 0.5) is 5.69 Å². The Morgan fingerprint density at radius 2 is 1.66 bits per heavy atom. The normalized spacial score (nSPS) is 15.9. The zero-order chi connectivity index (χ0) is 23.6. The molecule has 2 aromatic rings. The molecule has 0 saturated carbocycles. The summed E-state index contributed by atoms with van der Waals surface area (Å²) in [5, 5.41) is 0.362. The van der Waals surface area contributed by atoms with E-state index < -0.39 is 10.0 Å². The number of methoxy groups -OCH3 is 3. The molecule has 3 rings (SSSR count). The van der Waals surface area contributed by atoms with Crippen LogP contribution < -0.4 is 18.9 Å². The van der Waals surface area contributed by atoms with Crippen molar-refractivity contribution in [1.82, 2.24) is 0 Å². The standard InChI is InChI=1S/C21H24Cl2N2O6S/c1-11(2)16-10-31-21(24-16)15-9-17(28-3)19(29-4)20(30-5)18(15)25-32(26,27)14-7-12(22)6-13(23)8-14/h6-9,11,16,25H,10H2,1-5H3/t16-/m0/s1. The number of benzene rings is 2. The number of sulfonamides is 1. The predicted octanol–water partition coefficient (Wildman–Crippen LogP) is 4.62. The first-order chi connectivity index (χ1) is 15.1. The van der Waals surface area contributed by atoms with Crippen molar-refractivity contribution in [2.75, 3.05) is 32.7 Å². The van der Waals surface area contributed by atoms with Crippen LogP contribution in [-0.4, -0.2) is 48.3 Å². The van der Waals surface area contributed by atoms with Crippen molar-refractivity contribution >= 4 is 44.8 Å². The van der Waals surface area contributed by atoms with Crippen molar-refractivity contribution in [3.05, 3.63) is 39.9 Å². The quantitative estimate of drug-likeness (QED) is 0.565. The molecule has 0 spiro atoms. The van der Waals surface area contributed by atoms with E-state index in [2.05, 4.69) is 9.71 Å². The number of nitrogens with one attached hydrogen (secondary N) is 1. The maximum atomic E-state index is 13.2. The van der Waals surface area contributed by atoms with Crippen LogP contribution in [0.5, 0.6) is 17.2 Å². The zero-order valence-corrected chi connectivity index (χ0v) is 20.6. The van der Waals surface area contributed by atoms with Gasteiger partial charge in [0.05, 0.1) is 37.8 Å². The molecule has 2 aromatic carbocycles. The van der Waals surface area contributed by atoms with Gasteiger partial charge in [-0.15, -0.1) is 0 Å². The van der Waals surface area contributed by atoms with Gasteiger partial charge in [-0.1, -0.05) is 37.0 Å². The summed E-state index contributed by atoms with van der Waals surface area (Å²) in [6.07, 6.45) is 0. The molecule has 1 aliphatic rings. The Hall–Kier alpha value is -2.36. The first-order valence-electron chi connectivity index (χ1n) is 9.64.